The van der Waals surface area contributed by atoms with Gasteiger partial charge in [-0.25, -0.2) is 4.79 Å². The first-order valence-corrected chi connectivity index (χ1v) is 11.7. The highest BCUT2D eigenvalue weighted by molar-refractivity contribution is 8.18. The number of carbonyl (C=O) groups excluding carboxylic acids is 3. The monoisotopic (exact) mass is 517 g/mol. The summed E-state index contributed by atoms with van der Waals surface area (Å²) in [6.45, 7) is 2.08. The second-order valence-corrected chi connectivity index (χ2v) is 8.78. The van der Waals surface area contributed by atoms with Crippen LogP contribution in [0, 0.1) is 0 Å². The van der Waals surface area contributed by atoms with E-state index < -0.39 is 17.1 Å². The van der Waals surface area contributed by atoms with Gasteiger partial charge in [0.2, 0.25) is 5.76 Å². The van der Waals surface area contributed by atoms with Gasteiger partial charge < -0.3 is 13.9 Å². The molecule has 1 fully saturated rings. The summed E-state index contributed by atoms with van der Waals surface area (Å²) >= 11 is 13.2. The first-order chi connectivity index (χ1) is 16.4. The largest absolute Gasteiger partial charge is 0.490 e. The minimum absolute atomic E-state index is 0.0353. The molecule has 34 heavy (non-hydrogen) atoms. The van der Waals surface area contributed by atoms with Crippen molar-refractivity contribution in [3.05, 3.63) is 86.6 Å². The highest BCUT2D eigenvalue weighted by Gasteiger charge is 2.35. The highest BCUT2D eigenvalue weighted by Crippen LogP contribution is 2.37. The molecule has 3 aromatic rings. The summed E-state index contributed by atoms with van der Waals surface area (Å²) in [5, 5.41) is 0.314. The lowest BCUT2D eigenvalue weighted by Gasteiger charge is -2.14. The van der Waals surface area contributed by atoms with Crippen LogP contribution in [0.1, 0.15) is 28.6 Å². The van der Waals surface area contributed by atoms with E-state index in [1.807, 2.05) is 0 Å². The maximum absolute atomic E-state index is 12.9. The van der Waals surface area contributed by atoms with Crippen molar-refractivity contribution in [2.75, 3.05) is 6.61 Å². The van der Waals surface area contributed by atoms with Gasteiger partial charge >= 0.3 is 5.97 Å². The van der Waals surface area contributed by atoms with Gasteiger partial charge in [-0.15, -0.1) is 0 Å². The quantitative estimate of drug-likeness (QED) is 0.202. The Morgan fingerprint density at radius 3 is 2.53 bits per heavy atom. The van der Waals surface area contributed by atoms with Crippen molar-refractivity contribution < 1.29 is 28.3 Å². The van der Waals surface area contributed by atoms with Crippen LogP contribution in [0.4, 0.5) is 4.79 Å². The lowest BCUT2D eigenvalue weighted by molar-refractivity contribution is -0.123. The molecule has 1 aliphatic rings. The number of benzene rings is 2. The van der Waals surface area contributed by atoms with Crippen molar-refractivity contribution >= 4 is 58.2 Å². The van der Waals surface area contributed by atoms with E-state index in [0.717, 1.165) is 16.7 Å². The fourth-order valence-corrected chi connectivity index (χ4v) is 4.50. The van der Waals surface area contributed by atoms with Crippen molar-refractivity contribution in [1.82, 2.24) is 4.90 Å². The number of amides is 2. The van der Waals surface area contributed by atoms with Gasteiger partial charge in [0.05, 0.1) is 24.3 Å². The highest BCUT2D eigenvalue weighted by atomic mass is 35.5. The Labute approximate surface area is 209 Å². The maximum Gasteiger partial charge on any atom is 0.379 e. The molecule has 0 atom stereocenters. The molecule has 0 radical (unpaired) electrons. The lowest BCUT2D eigenvalue weighted by Crippen LogP contribution is -2.27. The third-order valence-corrected chi connectivity index (χ3v) is 6.36. The van der Waals surface area contributed by atoms with Crippen LogP contribution in [0.3, 0.4) is 0 Å². The normalized spacial score (nSPS) is 14.7. The number of imide groups is 1. The molecule has 0 saturated carbocycles. The number of carbonyl (C=O) groups is 3. The minimum atomic E-state index is -0.668. The number of esters is 1. The maximum atomic E-state index is 12.9. The van der Waals surface area contributed by atoms with Crippen LogP contribution in [0.5, 0.6) is 11.5 Å². The molecule has 0 unspecified atom stereocenters. The predicted octanol–water partition coefficient (Wildman–Crippen LogP) is 6.44. The van der Waals surface area contributed by atoms with E-state index in [1.165, 1.54) is 12.3 Å². The first kappa shape index (κ1) is 23.9. The number of nitrogens with zero attached hydrogens (tertiary/aromatic N) is 1. The Hall–Kier alpha value is -3.20. The Bertz CT molecular complexity index is 1270. The van der Waals surface area contributed by atoms with Gasteiger partial charge in [0.25, 0.3) is 11.1 Å². The minimum Gasteiger partial charge on any atom is -0.490 e. The number of rotatable bonds is 7. The van der Waals surface area contributed by atoms with E-state index in [-0.39, 0.29) is 23.0 Å². The summed E-state index contributed by atoms with van der Waals surface area (Å²) in [6, 6.07) is 12.9. The molecule has 1 saturated heterocycles. The van der Waals surface area contributed by atoms with E-state index in [9.17, 15) is 14.4 Å². The first-order valence-electron chi connectivity index (χ1n) is 10.1. The van der Waals surface area contributed by atoms with Crippen LogP contribution in [0.15, 0.2) is 64.1 Å². The van der Waals surface area contributed by atoms with Gasteiger partial charge in [-0.3, -0.25) is 14.5 Å². The fraction of sp³-hybridized carbons (Fsp3) is 0.125. The Balaban J connectivity index is 1.56. The van der Waals surface area contributed by atoms with Gasteiger partial charge in [-0.2, -0.15) is 0 Å². The van der Waals surface area contributed by atoms with Gasteiger partial charge in [-0.1, -0.05) is 35.3 Å². The van der Waals surface area contributed by atoms with Gasteiger partial charge in [0.1, 0.15) is 0 Å². The van der Waals surface area contributed by atoms with E-state index in [4.69, 9.17) is 37.1 Å². The molecule has 0 bridgehead atoms. The molecule has 2 heterocycles. The van der Waals surface area contributed by atoms with Crippen molar-refractivity contribution in [2.24, 2.45) is 0 Å². The lowest BCUT2D eigenvalue weighted by atomic mass is 10.1. The van der Waals surface area contributed by atoms with Crippen molar-refractivity contribution in [1.29, 1.82) is 0 Å². The summed E-state index contributed by atoms with van der Waals surface area (Å²) in [5.41, 5.74) is 1.08. The summed E-state index contributed by atoms with van der Waals surface area (Å²) in [5.74, 6) is -0.575. The van der Waals surface area contributed by atoms with Crippen molar-refractivity contribution in [2.45, 2.75) is 13.5 Å². The third kappa shape index (κ3) is 5.14. The number of hydrogen-bond acceptors (Lipinski definition) is 7. The summed E-state index contributed by atoms with van der Waals surface area (Å²) in [7, 11) is 0. The molecule has 2 amide bonds. The topological polar surface area (TPSA) is 86.0 Å². The summed E-state index contributed by atoms with van der Waals surface area (Å²) in [4.78, 5) is 39.0. The summed E-state index contributed by atoms with van der Waals surface area (Å²) in [6.07, 6.45) is 2.94. The second-order valence-electron chi connectivity index (χ2n) is 6.97. The van der Waals surface area contributed by atoms with Crippen LogP contribution in [-0.4, -0.2) is 28.6 Å². The number of hydrogen-bond donors (Lipinski definition) is 0. The summed E-state index contributed by atoms with van der Waals surface area (Å²) < 4.78 is 16.0. The molecule has 2 aromatic carbocycles. The smallest absolute Gasteiger partial charge is 0.379 e. The average molecular weight is 518 g/mol. The van der Waals surface area contributed by atoms with Crippen LogP contribution < -0.4 is 9.47 Å². The molecule has 0 aliphatic carbocycles. The van der Waals surface area contributed by atoms with Gasteiger partial charge in [-0.05, 0) is 66.7 Å². The molecule has 1 aromatic heterocycles. The molecule has 1 aliphatic heterocycles. The predicted molar refractivity (Wildman–Crippen MR) is 129 cm³/mol. The third-order valence-electron chi connectivity index (χ3n) is 4.74. The van der Waals surface area contributed by atoms with E-state index >= 15 is 0 Å². The van der Waals surface area contributed by atoms with E-state index in [1.54, 1.807) is 55.5 Å². The molecule has 10 heteroatoms. The molecule has 7 nitrogen and oxygen atoms in total. The van der Waals surface area contributed by atoms with Crippen LogP contribution in [0.25, 0.3) is 6.08 Å². The van der Waals surface area contributed by atoms with Crippen LogP contribution >= 0.6 is 35.0 Å². The SMILES string of the molecule is CCOc1cc(/C=C2\SC(=O)N(Cc3c(Cl)cccc3Cl)C2=O)ccc1OC(=O)c1ccco1. The zero-order valence-corrected chi connectivity index (χ0v) is 20.1. The van der Waals surface area contributed by atoms with Crippen molar-refractivity contribution in [3.8, 4) is 11.5 Å². The van der Waals surface area contributed by atoms with E-state index in [2.05, 4.69) is 0 Å². The van der Waals surface area contributed by atoms with Crippen LogP contribution in [0.2, 0.25) is 10.0 Å². The number of ether oxygens (including phenoxy) is 2. The van der Waals surface area contributed by atoms with Crippen LogP contribution in [-0.2, 0) is 11.3 Å². The molecule has 0 spiro atoms. The Morgan fingerprint density at radius 1 is 1.09 bits per heavy atom. The number of thioether (sulfide) groups is 1. The zero-order chi connectivity index (χ0) is 24.2. The zero-order valence-electron chi connectivity index (χ0n) is 17.7. The fourth-order valence-electron chi connectivity index (χ4n) is 3.14. The number of furan rings is 1. The average Bonchev–Trinajstić information content (AvgIpc) is 3.43. The number of halogens is 2. The van der Waals surface area contributed by atoms with Crippen molar-refractivity contribution in [3.63, 3.8) is 0 Å². The molecule has 4 rings (SSSR count). The molecular weight excluding hydrogens is 501 g/mol. The standard InChI is InChI=1S/C24H17Cl2NO6S/c1-2-31-20-11-14(8-9-18(20)33-23(29)19-7-4-10-32-19)12-21-22(28)27(24(30)34-21)13-15-16(25)5-3-6-17(15)26/h3-12H,2,13H2,1H3/b21-12-. The Kier molecular flexibility index (Phi) is 7.31. The molecule has 0 N–H and O–H groups in total. The molecule has 174 valence electrons. The molecular formula is C24H17Cl2NO6S. The van der Waals surface area contributed by atoms with E-state index in [0.29, 0.717) is 33.5 Å². The van der Waals surface area contributed by atoms with Gasteiger partial charge in [0.15, 0.2) is 11.5 Å². The van der Waals surface area contributed by atoms with Gasteiger partial charge in [0, 0.05) is 15.6 Å². The second kappa shape index (κ2) is 10.4. The Morgan fingerprint density at radius 2 is 1.85 bits per heavy atom.